The molecule has 10 nitrogen and oxygen atoms in total. The van der Waals surface area contributed by atoms with Crippen molar-refractivity contribution in [2.24, 2.45) is 5.73 Å². The van der Waals surface area contributed by atoms with Crippen molar-refractivity contribution in [3.05, 3.63) is 63.1 Å². The fraction of sp³-hybridized carbons (Fsp3) is 0.333. The first-order valence-electron chi connectivity index (χ1n) is 12.3. The quantitative estimate of drug-likeness (QED) is 0.347. The Morgan fingerprint density at radius 1 is 1.13 bits per heavy atom. The second kappa shape index (κ2) is 11.9. The van der Waals surface area contributed by atoms with E-state index in [1.165, 1.54) is 19.1 Å². The Morgan fingerprint density at radius 2 is 1.85 bits per heavy atom. The summed E-state index contributed by atoms with van der Waals surface area (Å²) in [5.41, 5.74) is 12.7. The fourth-order valence-corrected chi connectivity index (χ4v) is 5.57. The van der Waals surface area contributed by atoms with Crippen molar-refractivity contribution < 1.29 is 23.9 Å². The third-order valence-corrected chi connectivity index (χ3v) is 8.01. The van der Waals surface area contributed by atoms with Gasteiger partial charge in [0, 0.05) is 22.3 Å². The van der Waals surface area contributed by atoms with Crippen LogP contribution in [0.5, 0.6) is 11.5 Å². The molecule has 5 N–H and O–H groups in total. The van der Waals surface area contributed by atoms with Crippen molar-refractivity contribution in [3.8, 4) is 11.5 Å². The number of hydrogen-bond acceptors (Lipinski definition) is 8. The molecule has 1 saturated carbocycles. The number of nitrogens with one attached hydrogen (secondary N) is 1. The highest BCUT2D eigenvalue weighted by atomic mass is 35.5. The minimum Gasteiger partial charge on any atom is -0.497 e. The molecule has 0 bridgehead atoms. The first-order chi connectivity index (χ1) is 18.7. The number of primary amides is 1. The highest BCUT2D eigenvalue weighted by molar-refractivity contribution is 7.09. The van der Waals surface area contributed by atoms with Crippen molar-refractivity contribution in [1.29, 1.82) is 0 Å². The Labute approximate surface area is 235 Å². The van der Waals surface area contributed by atoms with E-state index in [4.69, 9.17) is 32.5 Å². The number of aromatic nitrogens is 1. The summed E-state index contributed by atoms with van der Waals surface area (Å²) in [6, 6.07) is 8.79. The van der Waals surface area contributed by atoms with Gasteiger partial charge >= 0.3 is 0 Å². The van der Waals surface area contributed by atoms with Crippen LogP contribution in [0.25, 0.3) is 0 Å². The number of ether oxygens (including phenoxy) is 2. The monoisotopic (exact) mass is 571 g/mol. The molecule has 0 radical (unpaired) electrons. The molecule has 3 amide bonds. The Bertz CT molecular complexity index is 1410. The molecule has 4 rings (SSSR count). The van der Waals surface area contributed by atoms with Gasteiger partial charge in [-0.05, 0) is 67.2 Å². The second-order valence-electron chi connectivity index (χ2n) is 9.25. The standard InChI is InChI=1S/C27H30ClN5O5S/c1-14-8-9-16(12-19(14)28)33(27(36)24-21(29)22(25(30)34)32-39-24)23(26(35)31-15-6-4-5-7-15)18-13-17(37-2)10-11-20(18)38-3/h8-13,15,23H,4-7,29H2,1-3H3,(H2,30,34)(H,31,35). The van der Waals surface area contributed by atoms with E-state index in [1.54, 1.807) is 36.4 Å². The molecule has 12 heteroatoms. The topological polar surface area (TPSA) is 150 Å². The van der Waals surface area contributed by atoms with Gasteiger partial charge in [-0.1, -0.05) is 30.5 Å². The third kappa shape index (κ3) is 5.79. The van der Waals surface area contributed by atoms with Crippen LogP contribution >= 0.6 is 23.1 Å². The van der Waals surface area contributed by atoms with Gasteiger partial charge in [0.25, 0.3) is 11.8 Å². The predicted octanol–water partition coefficient (Wildman–Crippen LogP) is 4.25. The molecule has 1 fully saturated rings. The SMILES string of the molecule is COc1ccc(OC)c(C(C(=O)NC2CCCC2)N(C(=O)c2snc(C(N)=O)c2N)c2ccc(C)c(Cl)c2)c1. The van der Waals surface area contributed by atoms with Gasteiger partial charge in [-0.2, -0.15) is 4.37 Å². The van der Waals surface area contributed by atoms with Gasteiger partial charge in [0.1, 0.15) is 22.4 Å². The molecule has 0 spiro atoms. The number of benzene rings is 2. The molecule has 206 valence electrons. The molecule has 1 aliphatic rings. The van der Waals surface area contributed by atoms with E-state index < -0.39 is 23.8 Å². The van der Waals surface area contributed by atoms with Gasteiger partial charge in [-0.25, -0.2) is 0 Å². The van der Waals surface area contributed by atoms with Crippen molar-refractivity contribution in [1.82, 2.24) is 9.69 Å². The molecule has 1 aliphatic carbocycles. The Balaban J connectivity index is 1.95. The summed E-state index contributed by atoms with van der Waals surface area (Å²) < 4.78 is 15.1. The molecule has 1 aromatic heterocycles. The fourth-order valence-electron chi connectivity index (χ4n) is 4.65. The van der Waals surface area contributed by atoms with Gasteiger partial charge in [-0.15, -0.1) is 0 Å². The summed E-state index contributed by atoms with van der Waals surface area (Å²) in [7, 11) is 2.98. The number of carbonyl (C=O) groups excluding carboxylic acids is 3. The van der Waals surface area contributed by atoms with E-state index in [-0.39, 0.29) is 22.3 Å². The van der Waals surface area contributed by atoms with E-state index >= 15 is 0 Å². The van der Waals surface area contributed by atoms with E-state index in [0.717, 1.165) is 42.8 Å². The molecule has 1 atom stereocenters. The Kier molecular flexibility index (Phi) is 8.61. The smallest absolute Gasteiger partial charge is 0.273 e. The molecule has 1 heterocycles. The largest absolute Gasteiger partial charge is 0.497 e. The second-order valence-corrected chi connectivity index (χ2v) is 10.4. The number of hydrogen-bond donors (Lipinski definition) is 3. The summed E-state index contributed by atoms with van der Waals surface area (Å²) in [5.74, 6) is -1.11. The minimum absolute atomic E-state index is 0.0369. The van der Waals surface area contributed by atoms with Crippen LogP contribution in [-0.4, -0.2) is 42.4 Å². The zero-order chi connectivity index (χ0) is 28.3. The Hall–Kier alpha value is -3.83. The molecule has 1 unspecified atom stereocenters. The molecular formula is C27H30ClN5O5S. The third-order valence-electron chi connectivity index (χ3n) is 6.75. The van der Waals surface area contributed by atoms with E-state index in [0.29, 0.717) is 27.8 Å². The van der Waals surface area contributed by atoms with Crippen LogP contribution in [0.2, 0.25) is 5.02 Å². The number of halogens is 1. The van der Waals surface area contributed by atoms with Crippen molar-refractivity contribution in [2.45, 2.75) is 44.7 Å². The maximum atomic E-state index is 14.3. The van der Waals surface area contributed by atoms with Crippen LogP contribution in [0.1, 0.15) is 63.0 Å². The van der Waals surface area contributed by atoms with Gasteiger partial charge in [-0.3, -0.25) is 19.3 Å². The van der Waals surface area contributed by atoms with Crippen LogP contribution in [0.4, 0.5) is 11.4 Å². The molecular weight excluding hydrogens is 542 g/mol. The lowest BCUT2D eigenvalue weighted by molar-refractivity contribution is -0.123. The van der Waals surface area contributed by atoms with Crippen molar-refractivity contribution in [3.63, 3.8) is 0 Å². The molecule has 39 heavy (non-hydrogen) atoms. The first-order valence-corrected chi connectivity index (χ1v) is 13.5. The molecule has 0 aliphatic heterocycles. The van der Waals surface area contributed by atoms with Gasteiger partial charge in [0.2, 0.25) is 5.91 Å². The maximum Gasteiger partial charge on any atom is 0.273 e. The van der Waals surface area contributed by atoms with Crippen LogP contribution in [-0.2, 0) is 4.79 Å². The first kappa shape index (κ1) is 28.2. The van der Waals surface area contributed by atoms with E-state index in [9.17, 15) is 14.4 Å². The average Bonchev–Trinajstić information content (AvgIpc) is 3.57. The summed E-state index contributed by atoms with van der Waals surface area (Å²) >= 11 is 7.21. The number of methoxy groups -OCH3 is 2. The summed E-state index contributed by atoms with van der Waals surface area (Å²) in [5, 5.41) is 3.50. The van der Waals surface area contributed by atoms with E-state index in [1.807, 2.05) is 6.92 Å². The van der Waals surface area contributed by atoms with Crippen LogP contribution < -0.4 is 31.2 Å². The van der Waals surface area contributed by atoms with E-state index in [2.05, 4.69) is 9.69 Å². The zero-order valence-corrected chi connectivity index (χ0v) is 23.4. The van der Waals surface area contributed by atoms with Gasteiger partial charge < -0.3 is 26.3 Å². The Morgan fingerprint density at radius 3 is 2.44 bits per heavy atom. The highest BCUT2D eigenvalue weighted by Crippen LogP contribution is 2.39. The van der Waals surface area contributed by atoms with Crippen molar-refractivity contribution in [2.75, 3.05) is 24.9 Å². The number of nitrogen functional groups attached to an aromatic ring is 1. The van der Waals surface area contributed by atoms with Crippen LogP contribution in [0.15, 0.2) is 36.4 Å². The summed E-state index contributed by atoms with van der Waals surface area (Å²) in [6.07, 6.45) is 3.67. The molecule has 0 saturated heterocycles. The number of rotatable bonds is 9. The number of anilines is 2. The number of carbonyl (C=O) groups is 3. The highest BCUT2D eigenvalue weighted by Gasteiger charge is 2.39. The number of nitrogens with zero attached hydrogens (tertiary/aromatic N) is 2. The molecule has 2 aromatic carbocycles. The summed E-state index contributed by atoms with van der Waals surface area (Å²) in [6.45, 7) is 1.83. The number of aryl methyl sites for hydroxylation is 1. The van der Waals surface area contributed by atoms with Gasteiger partial charge in [0.15, 0.2) is 5.69 Å². The normalized spacial score (nSPS) is 14.1. The van der Waals surface area contributed by atoms with Crippen LogP contribution in [0.3, 0.4) is 0 Å². The zero-order valence-electron chi connectivity index (χ0n) is 21.8. The van der Waals surface area contributed by atoms with Crippen molar-refractivity contribution >= 4 is 52.2 Å². The average molecular weight is 572 g/mol. The lowest BCUT2D eigenvalue weighted by Gasteiger charge is -2.33. The lowest BCUT2D eigenvalue weighted by Crippen LogP contribution is -2.46. The predicted molar refractivity (Wildman–Crippen MR) is 151 cm³/mol. The van der Waals surface area contributed by atoms with Gasteiger partial charge in [0.05, 0.1) is 19.9 Å². The molecule has 3 aromatic rings. The number of nitrogens with two attached hydrogens (primary N) is 2. The lowest BCUT2D eigenvalue weighted by atomic mass is 10.00. The summed E-state index contributed by atoms with van der Waals surface area (Å²) in [4.78, 5) is 41.5. The van der Waals surface area contributed by atoms with Crippen LogP contribution in [0, 0.1) is 6.92 Å². The maximum absolute atomic E-state index is 14.3. The number of amides is 3. The minimum atomic E-state index is -1.22.